The molecule has 0 bridgehead atoms. The molecule has 0 aliphatic heterocycles. The van der Waals surface area contributed by atoms with Gasteiger partial charge in [-0.2, -0.15) is 0 Å². The summed E-state index contributed by atoms with van der Waals surface area (Å²) in [6.07, 6.45) is 43.3. The van der Waals surface area contributed by atoms with Crippen molar-refractivity contribution >= 4 is 5.97 Å². The zero-order valence-electron chi connectivity index (χ0n) is 32.3. The van der Waals surface area contributed by atoms with E-state index in [-0.39, 0.29) is 12.1 Å². The number of hydrogen-bond donors (Lipinski definition) is 0. The van der Waals surface area contributed by atoms with Gasteiger partial charge in [0.2, 0.25) is 0 Å². The standard InChI is InChI=1S/C44H80O2/c1-8-9-10-11-12-13-14-15-16-17-18-19-20-21-22-23-24-25-26-27-28-35-44(45)46-43(38-42(7)34-30-32-40(4)5)37-36-41(6)33-29-31-39(2)3/h31-32,36,38,43H,8-30,33-35,37H2,1-7H3/b41-36+,42-38+. The minimum atomic E-state index is -0.160. The molecule has 0 spiro atoms. The maximum atomic E-state index is 12.7. The Morgan fingerprint density at radius 3 is 1.24 bits per heavy atom. The second-order valence-electron chi connectivity index (χ2n) is 14.8. The molecular formula is C44H80O2. The molecule has 0 radical (unpaired) electrons. The van der Waals surface area contributed by atoms with E-state index in [1.54, 1.807) is 0 Å². The number of rotatable bonds is 32. The highest BCUT2D eigenvalue weighted by atomic mass is 16.5. The summed E-state index contributed by atoms with van der Waals surface area (Å²) in [6, 6.07) is 0. The maximum Gasteiger partial charge on any atom is 0.306 e. The van der Waals surface area contributed by atoms with Crippen LogP contribution in [0, 0.1) is 0 Å². The fourth-order valence-electron chi connectivity index (χ4n) is 6.08. The summed E-state index contributed by atoms with van der Waals surface area (Å²) < 4.78 is 6.00. The maximum absolute atomic E-state index is 12.7. The number of esters is 1. The molecule has 268 valence electrons. The number of ether oxygens (including phenoxy) is 1. The van der Waals surface area contributed by atoms with Crippen LogP contribution in [0.5, 0.6) is 0 Å². The van der Waals surface area contributed by atoms with Gasteiger partial charge in [-0.15, -0.1) is 0 Å². The normalized spacial score (nSPS) is 12.7. The Labute approximate surface area is 289 Å². The zero-order chi connectivity index (χ0) is 34.1. The molecule has 2 heteroatoms. The molecule has 2 nitrogen and oxygen atoms in total. The molecular weight excluding hydrogens is 560 g/mol. The van der Waals surface area contributed by atoms with Crippen LogP contribution in [-0.2, 0) is 9.53 Å². The average molecular weight is 641 g/mol. The summed E-state index contributed by atoms with van der Waals surface area (Å²) >= 11 is 0. The molecule has 0 saturated heterocycles. The van der Waals surface area contributed by atoms with Crippen LogP contribution in [0.4, 0.5) is 0 Å². The minimum absolute atomic E-state index is 0.0354. The molecule has 0 aromatic heterocycles. The zero-order valence-corrected chi connectivity index (χ0v) is 32.3. The summed E-state index contributed by atoms with van der Waals surface area (Å²) in [4.78, 5) is 12.7. The molecule has 0 heterocycles. The highest BCUT2D eigenvalue weighted by Gasteiger charge is 2.12. The van der Waals surface area contributed by atoms with E-state index in [1.165, 1.54) is 144 Å². The van der Waals surface area contributed by atoms with Crippen molar-refractivity contribution in [1.29, 1.82) is 0 Å². The van der Waals surface area contributed by atoms with Crippen LogP contribution in [0.15, 0.2) is 46.6 Å². The van der Waals surface area contributed by atoms with E-state index in [0.29, 0.717) is 6.42 Å². The number of allylic oxidation sites excluding steroid dienone is 6. The van der Waals surface area contributed by atoms with E-state index in [1.807, 2.05) is 0 Å². The third-order valence-corrected chi connectivity index (χ3v) is 9.12. The Hall–Kier alpha value is -1.57. The molecule has 0 amide bonds. The van der Waals surface area contributed by atoms with Crippen molar-refractivity contribution < 1.29 is 9.53 Å². The highest BCUT2D eigenvalue weighted by molar-refractivity contribution is 5.69. The largest absolute Gasteiger partial charge is 0.458 e. The molecule has 0 rings (SSSR count). The van der Waals surface area contributed by atoms with Crippen molar-refractivity contribution in [3.63, 3.8) is 0 Å². The van der Waals surface area contributed by atoms with Gasteiger partial charge < -0.3 is 4.74 Å². The van der Waals surface area contributed by atoms with Gasteiger partial charge in [0.25, 0.3) is 0 Å². The monoisotopic (exact) mass is 641 g/mol. The molecule has 0 aromatic carbocycles. The van der Waals surface area contributed by atoms with E-state index < -0.39 is 0 Å². The number of carbonyl (C=O) groups excluding carboxylic acids is 1. The van der Waals surface area contributed by atoms with Crippen LogP contribution in [0.2, 0.25) is 0 Å². The van der Waals surface area contributed by atoms with E-state index in [0.717, 1.165) is 44.9 Å². The summed E-state index contributed by atoms with van der Waals surface area (Å²) in [5.74, 6) is -0.0354. The molecule has 0 aromatic rings. The molecule has 0 aliphatic rings. The number of hydrogen-bond acceptors (Lipinski definition) is 2. The lowest BCUT2D eigenvalue weighted by atomic mass is 10.0. The van der Waals surface area contributed by atoms with Gasteiger partial charge in [0.1, 0.15) is 6.10 Å². The van der Waals surface area contributed by atoms with E-state index in [9.17, 15) is 4.79 Å². The SMILES string of the molecule is CCCCCCCCCCCCCCCCCCCCCCCC(=O)OC(/C=C(\C)CCC=C(C)C)C/C=C(\C)CCC=C(C)C. The average Bonchev–Trinajstić information content (AvgIpc) is 3.00. The second-order valence-corrected chi connectivity index (χ2v) is 14.8. The first kappa shape index (κ1) is 44.4. The highest BCUT2D eigenvalue weighted by Crippen LogP contribution is 2.18. The first-order valence-electron chi connectivity index (χ1n) is 20.0. The topological polar surface area (TPSA) is 26.3 Å². The molecule has 0 fully saturated rings. The first-order chi connectivity index (χ1) is 22.2. The number of carbonyl (C=O) groups is 1. The fourth-order valence-corrected chi connectivity index (χ4v) is 6.08. The van der Waals surface area contributed by atoms with Crippen LogP contribution in [0.25, 0.3) is 0 Å². The molecule has 1 atom stereocenters. The van der Waals surface area contributed by atoms with Crippen LogP contribution in [0.3, 0.4) is 0 Å². The van der Waals surface area contributed by atoms with Gasteiger partial charge in [0, 0.05) is 12.8 Å². The second kappa shape index (κ2) is 33.3. The summed E-state index contributed by atoms with van der Waals surface area (Å²) in [7, 11) is 0. The lowest BCUT2D eigenvalue weighted by Crippen LogP contribution is -2.16. The predicted octanol–water partition coefficient (Wildman–Crippen LogP) is 15.3. The minimum Gasteiger partial charge on any atom is -0.458 e. The van der Waals surface area contributed by atoms with E-state index >= 15 is 0 Å². The third kappa shape index (κ3) is 33.8. The lowest BCUT2D eigenvalue weighted by molar-refractivity contribution is -0.146. The van der Waals surface area contributed by atoms with Gasteiger partial charge >= 0.3 is 5.97 Å². The Kier molecular flexibility index (Phi) is 32.2. The van der Waals surface area contributed by atoms with Crippen molar-refractivity contribution in [1.82, 2.24) is 0 Å². The van der Waals surface area contributed by atoms with Gasteiger partial charge in [-0.25, -0.2) is 0 Å². The fraction of sp³-hybridized carbons (Fsp3) is 0.795. The Morgan fingerprint density at radius 1 is 0.478 bits per heavy atom. The van der Waals surface area contributed by atoms with E-state index in [2.05, 4.69) is 72.8 Å². The quantitative estimate of drug-likeness (QED) is 0.0415. The van der Waals surface area contributed by atoms with Crippen molar-refractivity contribution in [2.24, 2.45) is 0 Å². The van der Waals surface area contributed by atoms with Crippen LogP contribution in [0.1, 0.15) is 222 Å². The van der Waals surface area contributed by atoms with Gasteiger partial charge in [0.15, 0.2) is 0 Å². The summed E-state index contributed by atoms with van der Waals surface area (Å²) in [6.45, 7) is 15.3. The predicted molar refractivity (Wildman–Crippen MR) is 207 cm³/mol. The molecule has 46 heavy (non-hydrogen) atoms. The molecule has 0 N–H and O–H groups in total. The van der Waals surface area contributed by atoms with Crippen molar-refractivity contribution in [3.8, 4) is 0 Å². The van der Waals surface area contributed by atoms with E-state index in [4.69, 9.17) is 4.74 Å². The number of unbranched alkanes of at least 4 members (excludes halogenated alkanes) is 20. The molecule has 0 aliphatic carbocycles. The van der Waals surface area contributed by atoms with Crippen LogP contribution < -0.4 is 0 Å². The van der Waals surface area contributed by atoms with Gasteiger partial charge in [-0.05, 0) is 79.7 Å². The van der Waals surface area contributed by atoms with Gasteiger partial charge in [-0.3, -0.25) is 4.79 Å². The molecule has 0 saturated carbocycles. The van der Waals surface area contributed by atoms with Crippen molar-refractivity contribution in [3.05, 3.63) is 46.6 Å². The Morgan fingerprint density at radius 2 is 0.848 bits per heavy atom. The molecule has 1 unspecified atom stereocenters. The first-order valence-corrected chi connectivity index (χ1v) is 20.0. The van der Waals surface area contributed by atoms with Gasteiger partial charge in [-0.1, -0.05) is 176 Å². The van der Waals surface area contributed by atoms with Crippen LogP contribution in [-0.4, -0.2) is 12.1 Å². The van der Waals surface area contributed by atoms with Crippen LogP contribution >= 0.6 is 0 Å². The Bertz CT molecular complexity index is 819. The van der Waals surface area contributed by atoms with Crippen molar-refractivity contribution in [2.75, 3.05) is 0 Å². The smallest absolute Gasteiger partial charge is 0.306 e. The van der Waals surface area contributed by atoms with Crippen molar-refractivity contribution in [2.45, 2.75) is 228 Å². The summed E-state index contributed by atoms with van der Waals surface area (Å²) in [5.41, 5.74) is 5.41. The lowest BCUT2D eigenvalue weighted by Gasteiger charge is -2.15. The summed E-state index contributed by atoms with van der Waals surface area (Å²) in [5, 5.41) is 0. The Balaban J connectivity index is 4.01. The van der Waals surface area contributed by atoms with Gasteiger partial charge in [0.05, 0.1) is 0 Å². The third-order valence-electron chi connectivity index (χ3n) is 9.12.